The largest absolute Gasteiger partial charge is 0.403 e. The minimum atomic E-state index is -0.106. The van der Waals surface area contributed by atoms with Gasteiger partial charge in [-0.1, -0.05) is 6.58 Å². The van der Waals surface area contributed by atoms with Gasteiger partial charge in [-0.05, 0) is 44.4 Å². The Bertz CT molecular complexity index is 809. The van der Waals surface area contributed by atoms with Crippen LogP contribution in [0, 0.1) is 0 Å². The number of nitrogens with one attached hydrogen (secondary N) is 1. The molecule has 5 nitrogen and oxygen atoms in total. The smallest absolute Gasteiger partial charge is 0.137 e. The Balaban J connectivity index is 1.93. The lowest BCUT2D eigenvalue weighted by molar-refractivity contribution is 0.295. The molecule has 0 saturated heterocycles. The summed E-state index contributed by atoms with van der Waals surface area (Å²) < 4.78 is 2.00. The molecular formula is C17H21N5. The van der Waals surface area contributed by atoms with Crippen molar-refractivity contribution in [1.29, 1.82) is 0 Å². The molecule has 0 radical (unpaired) electrons. The van der Waals surface area contributed by atoms with Gasteiger partial charge < -0.3 is 10.7 Å². The summed E-state index contributed by atoms with van der Waals surface area (Å²) in [6.45, 7) is 8.09. The van der Waals surface area contributed by atoms with Crippen LogP contribution in [0.3, 0.4) is 0 Å². The number of H-pyrrole nitrogens is 1. The third kappa shape index (κ3) is 2.62. The molecule has 0 aliphatic carbocycles. The van der Waals surface area contributed by atoms with Crippen LogP contribution in [-0.4, -0.2) is 19.7 Å². The highest BCUT2D eigenvalue weighted by Crippen LogP contribution is 2.29. The number of rotatable bonds is 5. The first kappa shape index (κ1) is 14.4. The second kappa shape index (κ2) is 5.33. The van der Waals surface area contributed by atoms with Gasteiger partial charge in [0.05, 0.1) is 11.7 Å². The van der Waals surface area contributed by atoms with Gasteiger partial charge in [-0.15, -0.1) is 0 Å². The highest BCUT2D eigenvalue weighted by Gasteiger charge is 2.21. The van der Waals surface area contributed by atoms with E-state index in [2.05, 4.69) is 41.7 Å². The van der Waals surface area contributed by atoms with Gasteiger partial charge in [0.25, 0.3) is 0 Å². The highest BCUT2D eigenvalue weighted by atomic mass is 15.3. The van der Waals surface area contributed by atoms with E-state index >= 15 is 0 Å². The Labute approximate surface area is 129 Å². The molecule has 3 rings (SSSR count). The summed E-state index contributed by atoms with van der Waals surface area (Å²) >= 11 is 0. The van der Waals surface area contributed by atoms with Gasteiger partial charge in [-0.25, -0.2) is 4.98 Å². The minimum absolute atomic E-state index is 0.106. The molecule has 0 aliphatic rings. The maximum atomic E-state index is 5.69. The van der Waals surface area contributed by atoms with Crippen molar-refractivity contribution in [3.8, 4) is 11.1 Å². The highest BCUT2D eigenvalue weighted by molar-refractivity contribution is 5.92. The van der Waals surface area contributed by atoms with E-state index in [-0.39, 0.29) is 5.54 Å². The van der Waals surface area contributed by atoms with Crippen molar-refractivity contribution in [3.05, 3.63) is 49.2 Å². The minimum Gasteiger partial charge on any atom is -0.403 e. The summed E-state index contributed by atoms with van der Waals surface area (Å²) in [6.07, 6.45) is 9.40. The summed E-state index contributed by atoms with van der Waals surface area (Å²) in [6, 6.07) is 4.06. The third-order valence-corrected chi connectivity index (χ3v) is 4.03. The van der Waals surface area contributed by atoms with Crippen LogP contribution in [0.25, 0.3) is 22.2 Å². The lowest BCUT2D eigenvalue weighted by Gasteiger charge is -2.25. The van der Waals surface area contributed by atoms with E-state index in [1.807, 2.05) is 35.4 Å². The third-order valence-electron chi connectivity index (χ3n) is 4.03. The molecule has 0 atom stereocenters. The van der Waals surface area contributed by atoms with Gasteiger partial charge in [0.2, 0.25) is 0 Å². The van der Waals surface area contributed by atoms with Crippen LogP contribution < -0.4 is 5.73 Å². The molecule has 0 unspecified atom stereocenters. The first-order chi connectivity index (χ1) is 10.5. The van der Waals surface area contributed by atoms with Crippen LogP contribution in [-0.2, 0) is 5.54 Å². The molecule has 0 spiro atoms. The fourth-order valence-corrected chi connectivity index (χ4v) is 2.59. The van der Waals surface area contributed by atoms with E-state index in [1.54, 1.807) is 0 Å². The summed E-state index contributed by atoms with van der Waals surface area (Å²) in [5, 5.41) is 5.66. The molecular weight excluding hydrogens is 274 g/mol. The number of fused-ring (bicyclic) bond motifs is 1. The van der Waals surface area contributed by atoms with Crippen LogP contribution in [0.1, 0.15) is 26.7 Å². The molecule has 5 heteroatoms. The van der Waals surface area contributed by atoms with Gasteiger partial charge in [0, 0.05) is 35.2 Å². The molecule has 3 aromatic rings. The molecule has 22 heavy (non-hydrogen) atoms. The maximum absolute atomic E-state index is 5.69. The molecule has 0 aliphatic heterocycles. The number of aromatic nitrogens is 4. The number of hydrogen-bond donors (Lipinski definition) is 2. The van der Waals surface area contributed by atoms with Crippen molar-refractivity contribution in [2.24, 2.45) is 5.73 Å². The normalized spacial score (nSPS) is 11.9. The van der Waals surface area contributed by atoms with Crippen molar-refractivity contribution in [2.45, 2.75) is 32.2 Å². The number of aromatic amines is 1. The van der Waals surface area contributed by atoms with E-state index in [0.29, 0.717) is 5.70 Å². The quantitative estimate of drug-likeness (QED) is 0.757. The lowest BCUT2D eigenvalue weighted by Crippen LogP contribution is -2.27. The van der Waals surface area contributed by atoms with E-state index in [9.17, 15) is 0 Å². The van der Waals surface area contributed by atoms with Crippen LogP contribution in [0.5, 0.6) is 0 Å². The number of pyridine rings is 1. The second-order valence-electron chi connectivity index (χ2n) is 6.24. The van der Waals surface area contributed by atoms with Crippen LogP contribution in [0.15, 0.2) is 49.2 Å². The Kier molecular flexibility index (Phi) is 3.48. The Morgan fingerprint density at radius 2 is 2.23 bits per heavy atom. The zero-order valence-electron chi connectivity index (χ0n) is 13.0. The molecule has 0 fully saturated rings. The predicted octanol–water partition coefficient (Wildman–Crippen LogP) is 3.41. The Morgan fingerprint density at radius 3 is 3.00 bits per heavy atom. The molecule has 0 saturated carbocycles. The Hall–Kier alpha value is -2.56. The summed E-state index contributed by atoms with van der Waals surface area (Å²) in [7, 11) is 0. The van der Waals surface area contributed by atoms with E-state index in [1.165, 1.54) is 0 Å². The first-order valence-corrected chi connectivity index (χ1v) is 7.38. The number of nitrogens with zero attached hydrogens (tertiary/aromatic N) is 3. The SMILES string of the molecule is C=C(N)CCC(C)(C)n1cc(-c2ccnc3[nH]ccc23)cn1. The molecule has 114 valence electrons. The van der Waals surface area contributed by atoms with E-state index in [4.69, 9.17) is 5.73 Å². The van der Waals surface area contributed by atoms with E-state index in [0.717, 1.165) is 35.0 Å². The lowest BCUT2D eigenvalue weighted by atomic mass is 9.98. The van der Waals surface area contributed by atoms with E-state index < -0.39 is 0 Å². The molecule has 0 amide bonds. The average molecular weight is 295 g/mol. The zero-order valence-corrected chi connectivity index (χ0v) is 13.0. The van der Waals surface area contributed by atoms with Gasteiger partial charge in [-0.3, -0.25) is 4.68 Å². The number of nitrogens with two attached hydrogens (primary N) is 1. The zero-order chi connectivity index (χ0) is 15.7. The van der Waals surface area contributed by atoms with Crippen molar-refractivity contribution in [3.63, 3.8) is 0 Å². The van der Waals surface area contributed by atoms with Crippen LogP contribution in [0.4, 0.5) is 0 Å². The topological polar surface area (TPSA) is 72.5 Å². The van der Waals surface area contributed by atoms with Gasteiger partial charge in [0.15, 0.2) is 0 Å². The summed E-state index contributed by atoms with van der Waals surface area (Å²) in [5.74, 6) is 0. The van der Waals surface area contributed by atoms with Crippen molar-refractivity contribution >= 4 is 11.0 Å². The monoisotopic (exact) mass is 295 g/mol. The summed E-state index contributed by atoms with van der Waals surface area (Å²) in [5.41, 5.74) is 9.41. The number of hydrogen-bond acceptors (Lipinski definition) is 3. The molecule has 3 aromatic heterocycles. The first-order valence-electron chi connectivity index (χ1n) is 7.38. The molecule has 3 heterocycles. The second-order valence-corrected chi connectivity index (χ2v) is 6.24. The Morgan fingerprint density at radius 1 is 1.41 bits per heavy atom. The van der Waals surface area contributed by atoms with Gasteiger partial charge in [-0.2, -0.15) is 5.10 Å². The van der Waals surface area contributed by atoms with Crippen LogP contribution >= 0.6 is 0 Å². The molecule has 0 aromatic carbocycles. The fourth-order valence-electron chi connectivity index (χ4n) is 2.59. The number of allylic oxidation sites excluding steroid dienone is 1. The standard InChI is InChI=1S/C17H21N5/c1-12(18)4-7-17(2,3)22-11-13(10-21-22)14-5-8-19-16-15(14)6-9-20-16/h5-6,8-11H,1,4,7,18H2,2-3H3,(H,19,20). The van der Waals surface area contributed by atoms with Crippen molar-refractivity contribution < 1.29 is 0 Å². The molecule has 0 bridgehead atoms. The molecule has 3 N–H and O–H groups in total. The van der Waals surface area contributed by atoms with Crippen LogP contribution in [0.2, 0.25) is 0 Å². The van der Waals surface area contributed by atoms with Crippen molar-refractivity contribution in [2.75, 3.05) is 0 Å². The predicted molar refractivity (Wildman–Crippen MR) is 89.2 cm³/mol. The van der Waals surface area contributed by atoms with Crippen molar-refractivity contribution in [1.82, 2.24) is 19.7 Å². The summed E-state index contributed by atoms with van der Waals surface area (Å²) in [4.78, 5) is 7.46. The fraction of sp³-hybridized carbons (Fsp3) is 0.294. The van der Waals surface area contributed by atoms with Gasteiger partial charge >= 0.3 is 0 Å². The van der Waals surface area contributed by atoms with Gasteiger partial charge in [0.1, 0.15) is 5.65 Å². The maximum Gasteiger partial charge on any atom is 0.137 e. The average Bonchev–Trinajstić information content (AvgIpc) is 3.14.